The molecule has 1 fully saturated rings. The van der Waals surface area contributed by atoms with Crippen molar-refractivity contribution in [2.45, 2.75) is 19.4 Å². The Morgan fingerprint density at radius 1 is 1.07 bits per heavy atom. The highest BCUT2D eigenvalue weighted by Crippen LogP contribution is 2.17. The molecule has 4 nitrogen and oxygen atoms in total. The van der Waals surface area contributed by atoms with Crippen LogP contribution in [-0.2, 0) is 11.3 Å². The van der Waals surface area contributed by atoms with Crippen LogP contribution >= 0.6 is 0 Å². The van der Waals surface area contributed by atoms with Crippen molar-refractivity contribution in [2.24, 2.45) is 0 Å². The van der Waals surface area contributed by atoms with Gasteiger partial charge in [0.2, 0.25) is 5.91 Å². The number of amides is 1. The predicted molar refractivity (Wildman–Crippen MR) is 114 cm³/mol. The standard InChI is InChI=1S/C24H27N3O/c28-24(11-5-4-7-22-10-6-15-25-19-22)26-16-12-21-13-17-27(18-14-21)20-23-8-2-1-3-9-23/h1-12,15,19H,13-14,16-18,20H2,(H,26,28)/b7-4+,11-5+. The van der Waals surface area contributed by atoms with Gasteiger partial charge in [0.25, 0.3) is 0 Å². The zero-order chi connectivity index (χ0) is 19.4. The third-order valence-corrected chi connectivity index (χ3v) is 4.75. The van der Waals surface area contributed by atoms with E-state index in [4.69, 9.17) is 0 Å². The van der Waals surface area contributed by atoms with Gasteiger partial charge < -0.3 is 5.32 Å². The molecule has 28 heavy (non-hydrogen) atoms. The number of benzene rings is 1. The summed E-state index contributed by atoms with van der Waals surface area (Å²) in [6.45, 7) is 3.76. The molecular weight excluding hydrogens is 346 g/mol. The highest BCUT2D eigenvalue weighted by Gasteiger charge is 2.13. The van der Waals surface area contributed by atoms with E-state index in [-0.39, 0.29) is 5.91 Å². The van der Waals surface area contributed by atoms with E-state index in [0.717, 1.165) is 38.0 Å². The fourth-order valence-electron chi connectivity index (χ4n) is 3.18. The number of rotatable bonds is 7. The first-order valence-corrected chi connectivity index (χ1v) is 9.76. The zero-order valence-corrected chi connectivity index (χ0v) is 16.1. The molecule has 0 atom stereocenters. The van der Waals surface area contributed by atoms with Crippen LogP contribution in [0.1, 0.15) is 24.0 Å². The van der Waals surface area contributed by atoms with Gasteiger partial charge in [0.05, 0.1) is 0 Å². The van der Waals surface area contributed by atoms with E-state index in [9.17, 15) is 4.79 Å². The lowest BCUT2D eigenvalue weighted by Gasteiger charge is -2.28. The second-order valence-electron chi connectivity index (χ2n) is 6.87. The number of aromatic nitrogens is 1. The Morgan fingerprint density at radius 3 is 2.64 bits per heavy atom. The topological polar surface area (TPSA) is 45.2 Å². The minimum absolute atomic E-state index is 0.0748. The SMILES string of the molecule is O=C(/C=C/C=C/c1cccnc1)NCC=C1CCN(Cc2ccccc2)CC1. The van der Waals surface area contributed by atoms with Crippen LogP contribution in [0.4, 0.5) is 0 Å². The molecular formula is C24H27N3O. The number of piperidine rings is 1. The average Bonchev–Trinajstić information content (AvgIpc) is 2.74. The molecule has 1 N–H and O–H groups in total. The van der Waals surface area contributed by atoms with E-state index >= 15 is 0 Å². The minimum Gasteiger partial charge on any atom is -0.349 e. The van der Waals surface area contributed by atoms with Gasteiger partial charge in [-0.3, -0.25) is 14.7 Å². The number of nitrogens with one attached hydrogen (secondary N) is 1. The van der Waals surface area contributed by atoms with Gasteiger partial charge in [-0.1, -0.05) is 66.3 Å². The maximum Gasteiger partial charge on any atom is 0.244 e. The van der Waals surface area contributed by atoms with Crippen molar-refractivity contribution in [3.8, 4) is 0 Å². The Kier molecular flexibility index (Phi) is 7.77. The van der Waals surface area contributed by atoms with E-state index in [1.165, 1.54) is 11.1 Å². The van der Waals surface area contributed by atoms with Gasteiger partial charge in [0, 0.05) is 44.6 Å². The molecule has 2 heterocycles. The Bertz CT molecular complexity index is 815. The number of allylic oxidation sites excluding steroid dienone is 2. The van der Waals surface area contributed by atoms with Crippen LogP contribution in [0.5, 0.6) is 0 Å². The highest BCUT2D eigenvalue weighted by atomic mass is 16.1. The van der Waals surface area contributed by atoms with Gasteiger partial charge in [-0.05, 0) is 30.0 Å². The summed E-state index contributed by atoms with van der Waals surface area (Å²) in [6.07, 6.45) is 14.9. The lowest BCUT2D eigenvalue weighted by atomic mass is 10.0. The average molecular weight is 374 g/mol. The molecule has 1 aliphatic rings. The van der Waals surface area contributed by atoms with Gasteiger partial charge in [0.1, 0.15) is 0 Å². The molecule has 1 aromatic heterocycles. The van der Waals surface area contributed by atoms with E-state index in [0.29, 0.717) is 6.54 Å². The van der Waals surface area contributed by atoms with Crippen molar-refractivity contribution in [3.63, 3.8) is 0 Å². The van der Waals surface area contributed by atoms with Crippen molar-refractivity contribution < 1.29 is 4.79 Å². The van der Waals surface area contributed by atoms with Gasteiger partial charge in [-0.25, -0.2) is 0 Å². The summed E-state index contributed by atoms with van der Waals surface area (Å²) in [4.78, 5) is 18.4. The molecule has 1 aromatic carbocycles. The molecule has 0 radical (unpaired) electrons. The highest BCUT2D eigenvalue weighted by molar-refractivity contribution is 5.88. The molecule has 2 aromatic rings. The van der Waals surface area contributed by atoms with E-state index < -0.39 is 0 Å². The fraction of sp³-hybridized carbons (Fsp3) is 0.250. The van der Waals surface area contributed by atoms with Crippen LogP contribution in [0.25, 0.3) is 6.08 Å². The van der Waals surface area contributed by atoms with Gasteiger partial charge in [0.15, 0.2) is 0 Å². The molecule has 4 heteroatoms. The second kappa shape index (κ2) is 11.0. The molecule has 1 saturated heterocycles. The summed E-state index contributed by atoms with van der Waals surface area (Å²) in [5.41, 5.74) is 3.81. The van der Waals surface area contributed by atoms with Gasteiger partial charge >= 0.3 is 0 Å². The monoisotopic (exact) mass is 373 g/mol. The number of nitrogens with zero attached hydrogens (tertiary/aromatic N) is 2. The molecule has 0 aliphatic carbocycles. The zero-order valence-electron chi connectivity index (χ0n) is 16.1. The van der Waals surface area contributed by atoms with Crippen LogP contribution in [0.3, 0.4) is 0 Å². The van der Waals surface area contributed by atoms with Crippen LogP contribution < -0.4 is 5.32 Å². The third-order valence-electron chi connectivity index (χ3n) is 4.75. The smallest absolute Gasteiger partial charge is 0.244 e. The first kappa shape index (κ1) is 19.8. The third kappa shape index (κ3) is 6.97. The summed E-state index contributed by atoms with van der Waals surface area (Å²) >= 11 is 0. The predicted octanol–water partition coefficient (Wildman–Crippen LogP) is 3.99. The van der Waals surface area contributed by atoms with E-state index in [1.54, 1.807) is 24.5 Å². The Labute approximate surface area is 167 Å². The molecule has 0 saturated carbocycles. The lowest BCUT2D eigenvalue weighted by Crippen LogP contribution is -2.30. The molecule has 0 unspecified atom stereocenters. The molecule has 144 valence electrons. The van der Waals surface area contributed by atoms with Crippen LogP contribution in [0, 0.1) is 0 Å². The number of carbonyl (C=O) groups is 1. The van der Waals surface area contributed by atoms with Crippen LogP contribution in [0.15, 0.2) is 84.7 Å². The fourth-order valence-corrected chi connectivity index (χ4v) is 3.18. The number of likely N-dealkylation sites (tertiary alicyclic amines) is 1. The molecule has 0 bridgehead atoms. The first-order valence-electron chi connectivity index (χ1n) is 9.76. The Morgan fingerprint density at radius 2 is 1.89 bits per heavy atom. The summed E-state index contributed by atoms with van der Waals surface area (Å²) < 4.78 is 0. The Hall–Kier alpha value is -2.98. The van der Waals surface area contributed by atoms with Crippen LogP contribution in [-0.4, -0.2) is 35.4 Å². The molecule has 0 spiro atoms. The molecule has 1 aliphatic heterocycles. The van der Waals surface area contributed by atoms with Crippen molar-refractivity contribution >= 4 is 12.0 Å². The van der Waals surface area contributed by atoms with Crippen molar-refractivity contribution in [3.05, 3.63) is 95.9 Å². The van der Waals surface area contributed by atoms with Crippen molar-refractivity contribution in [1.29, 1.82) is 0 Å². The largest absolute Gasteiger partial charge is 0.349 e. The number of carbonyl (C=O) groups excluding carboxylic acids is 1. The maximum absolute atomic E-state index is 11.9. The maximum atomic E-state index is 11.9. The van der Waals surface area contributed by atoms with Crippen molar-refractivity contribution in [2.75, 3.05) is 19.6 Å². The summed E-state index contributed by atoms with van der Waals surface area (Å²) in [6, 6.07) is 14.5. The van der Waals surface area contributed by atoms with Gasteiger partial charge in [-0.2, -0.15) is 0 Å². The number of hydrogen-bond acceptors (Lipinski definition) is 3. The number of hydrogen-bond donors (Lipinski definition) is 1. The van der Waals surface area contributed by atoms with Crippen LogP contribution in [0.2, 0.25) is 0 Å². The van der Waals surface area contributed by atoms with E-state index in [1.807, 2.05) is 24.3 Å². The quantitative estimate of drug-likeness (QED) is 0.453. The summed E-state index contributed by atoms with van der Waals surface area (Å²) in [5.74, 6) is -0.0748. The summed E-state index contributed by atoms with van der Waals surface area (Å²) in [7, 11) is 0. The second-order valence-corrected chi connectivity index (χ2v) is 6.87. The first-order chi connectivity index (χ1) is 13.8. The molecule has 1 amide bonds. The lowest BCUT2D eigenvalue weighted by molar-refractivity contribution is -0.116. The van der Waals surface area contributed by atoms with E-state index in [2.05, 4.69) is 51.6 Å². The normalized spacial score (nSPS) is 15.2. The number of pyridine rings is 1. The molecule has 3 rings (SSSR count). The minimum atomic E-state index is -0.0748. The van der Waals surface area contributed by atoms with Crippen molar-refractivity contribution in [1.82, 2.24) is 15.2 Å². The Balaban J connectivity index is 1.34. The summed E-state index contributed by atoms with van der Waals surface area (Å²) in [5, 5.41) is 2.92. The van der Waals surface area contributed by atoms with Gasteiger partial charge in [-0.15, -0.1) is 0 Å².